The fraction of sp³-hybridized carbons (Fsp3) is 0.0208. The molecule has 0 heterocycles. The van der Waals surface area contributed by atoms with Crippen LogP contribution in [0.4, 0.5) is 0 Å². The summed E-state index contributed by atoms with van der Waals surface area (Å²) in [6.07, 6.45) is 0.982. The summed E-state index contributed by atoms with van der Waals surface area (Å²) in [5.41, 5.74) is 8.30. The van der Waals surface area contributed by atoms with E-state index in [0.29, 0.717) is 0 Å². The van der Waals surface area contributed by atoms with E-state index in [1.807, 2.05) is 0 Å². The van der Waals surface area contributed by atoms with E-state index < -0.39 is 0 Å². The molecule has 0 aliphatic heterocycles. The minimum absolute atomic E-state index is 0.982. The molecule has 0 aromatic heterocycles. The second-order valence-electron chi connectivity index (χ2n) is 14.1. The van der Waals surface area contributed by atoms with Crippen LogP contribution in [-0.4, -0.2) is 0 Å². The third-order valence-corrected chi connectivity index (χ3v) is 11.8. The van der Waals surface area contributed by atoms with Crippen LogP contribution in [0.5, 0.6) is 0 Å². The summed E-state index contributed by atoms with van der Waals surface area (Å²) in [6.45, 7) is 0. The first kappa shape index (κ1) is 24.2. The predicted octanol–water partition coefficient (Wildman–Crippen LogP) is 11.5. The van der Waals surface area contributed by atoms with Crippen molar-refractivity contribution < 1.29 is 0 Å². The summed E-state index contributed by atoms with van der Waals surface area (Å²) >= 11 is 0. The Hall–Kier alpha value is -5.98. The normalized spacial score (nSPS) is 14.5. The van der Waals surface area contributed by atoms with Gasteiger partial charge >= 0.3 is 0 Å². The van der Waals surface area contributed by atoms with E-state index in [4.69, 9.17) is 0 Å². The van der Waals surface area contributed by atoms with E-state index in [1.165, 1.54) is 131 Å². The Labute approximate surface area is 275 Å². The first-order valence-corrected chi connectivity index (χ1v) is 16.9. The summed E-state index contributed by atoms with van der Waals surface area (Å²) in [4.78, 5) is 0. The number of hydrogen-bond acceptors (Lipinski definition) is 0. The summed E-state index contributed by atoms with van der Waals surface area (Å²) in [5.74, 6) is 1.49. The van der Waals surface area contributed by atoms with E-state index >= 15 is 0 Å². The zero-order chi connectivity index (χ0) is 30.8. The van der Waals surface area contributed by atoms with Crippen LogP contribution in [-0.2, 0) is 6.42 Å². The second kappa shape index (κ2) is 8.11. The Morgan fingerprint density at radius 3 is 1.46 bits per heavy atom. The molecule has 0 atom stereocenters. The maximum atomic E-state index is 3.34. The minimum Gasteiger partial charge on any atom is -0.0568 e. The highest BCUT2D eigenvalue weighted by atomic mass is 14.4. The van der Waals surface area contributed by atoms with Gasteiger partial charge in [-0.3, -0.25) is 0 Å². The average molecular weight is 600 g/mol. The highest BCUT2D eigenvalue weighted by Crippen LogP contribution is 2.51. The smallest absolute Gasteiger partial charge is 0.0403 e. The molecule has 13 rings (SSSR count). The van der Waals surface area contributed by atoms with Gasteiger partial charge in [0.15, 0.2) is 0 Å². The monoisotopic (exact) mass is 599 g/mol. The molecule has 0 spiro atoms. The van der Waals surface area contributed by atoms with Crippen molar-refractivity contribution in [1.29, 1.82) is 0 Å². The minimum atomic E-state index is 0.982. The van der Waals surface area contributed by atoms with Crippen LogP contribution in [0.25, 0.3) is 103 Å². The molecular weight excluding hydrogens is 577 g/mol. The van der Waals surface area contributed by atoms with Crippen LogP contribution in [0, 0.1) is 18.1 Å². The van der Waals surface area contributed by atoms with Crippen LogP contribution in [0.1, 0.15) is 16.7 Å². The summed E-state index contributed by atoms with van der Waals surface area (Å²) in [7, 11) is 0. The molecule has 0 saturated carbocycles. The Kier molecular flexibility index (Phi) is 4.09. The van der Waals surface area contributed by atoms with E-state index in [9.17, 15) is 0 Å². The third kappa shape index (κ3) is 2.78. The fourth-order valence-electron chi connectivity index (χ4n) is 9.82. The van der Waals surface area contributed by atoms with Crippen LogP contribution >= 0.6 is 0 Å². The lowest BCUT2D eigenvalue weighted by Gasteiger charge is -2.17. The fourth-order valence-corrected chi connectivity index (χ4v) is 9.82. The van der Waals surface area contributed by atoms with Gasteiger partial charge in [-0.2, -0.15) is 0 Å². The zero-order valence-corrected chi connectivity index (χ0v) is 25.8. The predicted molar refractivity (Wildman–Crippen MR) is 202 cm³/mol. The van der Waals surface area contributed by atoms with Gasteiger partial charge in [-0.25, -0.2) is 0 Å². The van der Waals surface area contributed by atoms with Crippen molar-refractivity contribution in [3.8, 4) is 11.1 Å². The first-order chi connectivity index (χ1) is 23.8. The second-order valence-corrected chi connectivity index (χ2v) is 14.1. The molecule has 0 N–H and O–H groups in total. The summed E-state index contributed by atoms with van der Waals surface area (Å²) < 4.78 is 0. The largest absolute Gasteiger partial charge is 0.0568 e. The molecule has 0 fully saturated rings. The van der Waals surface area contributed by atoms with Gasteiger partial charge < -0.3 is 0 Å². The zero-order valence-electron chi connectivity index (χ0n) is 25.8. The maximum absolute atomic E-state index is 3.34. The maximum Gasteiger partial charge on any atom is 0.0403 e. The lowest BCUT2D eigenvalue weighted by atomic mass is 9.87. The van der Waals surface area contributed by atoms with Crippen molar-refractivity contribution in [3.63, 3.8) is 0 Å². The lowest BCUT2D eigenvalue weighted by Crippen LogP contribution is -2.04. The molecule has 0 saturated heterocycles. The van der Waals surface area contributed by atoms with Crippen molar-refractivity contribution in [2.75, 3.05) is 0 Å². The van der Waals surface area contributed by atoms with E-state index in [-0.39, 0.29) is 0 Å². The Morgan fingerprint density at radius 2 is 0.833 bits per heavy atom. The highest BCUT2D eigenvalue weighted by Gasteiger charge is 2.37. The van der Waals surface area contributed by atoms with Crippen LogP contribution in [0.3, 0.4) is 0 Å². The SMILES string of the molecule is [c]1cc2ccc3c4c(ccc(c1)c24)=C1[C]3Cc2c1cc1ccc3cc(-c4cc5ccc6c[c]cc7ccc(c4)c5c67)cc4ccc2c1c34. The Bertz CT molecular complexity index is 3200. The topological polar surface area (TPSA) is 0 Å². The molecule has 0 bridgehead atoms. The van der Waals surface area contributed by atoms with Crippen molar-refractivity contribution in [2.24, 2.45) is 0 Å². The van der Waals surface area contributed by atoms with Gasteiger partial charge in [-0.05, 0) is 198 Å². The third-order valence-electron chi connectivity index (χ3n) is 11.8. The molecule has 48 heavy (non-hydrogen) atoms. The Morgan fingerprint density at radius 1 is 0.375 bits per heavy atom. The molecule has 2 aliphatic carbocycles. The molecular formula is C48H23. The number of rotatable bonds is 1. The van der Waals surface area contributed by atoms with Gasteiger partial charge in [-0.1, -0.05) is 72.8 Å². The summed E-state index contributed by atoms with van der Waals surface area (Å²) in [6, 6.07) is 55.0. The van der Waals surface area contributed by atoms with Gasteiger partial charge in [0, 0.05) is 5.92 Å². The molecule has 0 nitrogen and oxygen atoms in total. The molecule has 11 aromatic rings. The van der Waals surface area contributed by atoms with Gasteiger partial charge in [0.05, 0.1) is 0 Å². The number of benzene rings is 11. The van der Waals surface area contributed by atoms with Crippen LogP contribution < -0.4 is 5.22 Å². The molecule has 0 amide bonds. The van der Waals surface area contributed by atoms with Crippen molar-refractivity contribution in [2.45, 2.75) is 6.42 Å². The Balaban J connectivity index is 1.04. The highest BCUT2D eigenvalue weighted by molar-refractivity contribution is 6.27. The number of hydrogen-bond donors (Lipinski definition) is 0. The first-order valence-electron chi connectivity index (χ1n) is 16.9. The number of fused-ring (bicyclic) bond motifs is 5. The average Bonchev–Trinajstić information content (AvgIpc) is 3.67. The van der Waals surface area contributed by atoms with Crippen LogP contribution in [0.2, 0.25) is 0 Å². The summed E-state index contributed by atoms with van der Waals surface area (Å²) in [5, 5.41) is 22.7. The van der Waals surface area contributed by atoms with Crippen molar-refractivity contribution >= 4 is 91.8 Å². The molecule has 3 radical (unpaired) electrons. The standard InChI is InChI=1S/C48H23/c1-3-25-7-9-29-19-34(20-30-10-8-26(4-1)42(25)44(29)30)35-21-31-11-12-33-23-40-39(36-17-15-32(22-35)45(31)46(33)36)24-41-37-16-13-27-5-2-6-28-14-18-38(47(40)41)48(37)43(27)28/h3-23H,24H2. The van der Waals surface area contributed by atoms with Gasteiger partial charge in [0.25, 0.3) is 0 Å². The molecule has 215 valence electrons. The van der Waals surface area contributed by atoms with Crippen molar-refractivity contribution in [3.05, 3.63) is 167 Å². The van der Waals surface area contributed by atoms with Crippen molar-refractivity contribution in [1.82, 2.24) is 0 Å². The van der Waals surface area contributed by atoms with Gasteiger partial charge in [-0.15, -0.1) is 0 Å². The molecule has 11 aromatic carbocycles. The molecule has 0 heteroatoms. The van der Waals surface area contributed by atoms with Gasteiger partial charge in [0.1, 0.15) is 0 Å². The molecule has 0 unspecified atom stereocenters. The van der Waals surface area contributed by atoms with E-state index in [1.54, 1.807) is 0 Å². The van der Waals surface area contributed by atoms with Gasteiger partial charge in [0.2, 0.25) is 0 Å². The van der Waals surface area contributed by atoms with Crippen LogP contribution in [0.15, 0.2) is 127 Å². The quantitative estimate of drug-likeness (QED) is 0.165. The lowest BCUT2D eigenvalue weighted by molar-refractivity contribution is 1.16. The molecule has 2 aliphatic rings. The van der Waals surface area contributed by atoms with E-state index in [2.05, 4.69) is 140 Å². The van der Waals surface area contributed by atoms with E-state index in [0.717, 1.165) is 6.42 Å².